The van der Waals surface area contributed by atoms with E-state index in [2.05, 4.69) is 17.2 Å². The Balaban J connectivity index is 2.37. The Morgan fingerprint density at radius 1 is 1.41 bits per heavy atom. The molecule has 1 aromatic rings. The monoisotopic (exact) mass is 249 g/mol. The Morgan fingerprint density at radius 2 is 2.18 bits per heavy atom. The number of aryl methyl sites for hydroxylation is 1. The maximum absolute atomic E-state index is 11.3. The van der Waals surface area contributed by atoms with Crippen LogP contribution < -0.4 is 5.32 Å². The van der Waals surface area contributed by atoms with Crippen molar-refractivity contribution >= 4 is 28.2 Å². The van der Waals surface area contributed by atoms with Crippen LogP contribution in [0, 0.1) is 11.8 Å². The zero-order valence-corrected chi connectivity index (χ0v) is 10.1. The van der Waals surface area contributed by atoms with E-state index >= 15 is 0 Å². The van der Waals surface area contributed by atoms with Gasteiger partial charge in [-0.05, 0) is 37.7 Å². The predicted molar refractivity (Wildman–Crippen MR) is 65.4 cm³/mol. The number of anilines is 1. The summed E-state index contributed by atoms with van der Waals surface area (Å²) in [4.78, 5) is 23.6. The lowest BCUT2D eigenvalue weighted by atomic mass is 10.1. The summed E-state index contributed by atoms with van der Waals surface area (Å²) in [5, 5.41) is 12.1. The summed E-state index contributed by atoms with van der Waals surface area (Å²) in [6.07, 6.45) is 2.67. The van der Waals surface area contributed by atoms with Crippen molar-refractivity contribution < 1.29 is 14.7 Å². The average Bonchev–Trinajstić information content (AvgIpc) is 2.76. The van der Waals surface area contributed by atoms with E-state index in [1.807, 2.05) is 0 Å². The lowest BCUT2D eigenvalue weighted by Crippen LogP contribution is -2.11. The van der Waals surface area contributed by atoms with Gasteiger partial charge in [0.25, 0.3) is 0 Å². The van der Waals surface area contributed by atoms with Crippen LogP contribution in [-0.4, -0.2) is 17.0 Å². The molecule has 1 aliphatic carbocycles. The SMILES string of the molecule is CC#CC(=O)Nc1sc2c(c1C(=O)O)CCC2. The lowest BCUT2D eigenvalue weighted by Gasteiger charge is -2.01. The Labute approximate surface area is 103 Å². The first-order valence-corrected chi connectivity index (χ1v) is 6.06. The molecule has 0 unspecified atom stereocenters. The summed E-state index contributed by atoms with van der Waals surface area (Å²) in [7, 11) is 0. The molecule has 1 amide bonds. The van der Waals surface area contributed by atoms with Gasteiger partial charge in [0.1, 0.15) is 5.00 Å². The molecule has 0 aromatic carbocycles. The Morgan fingerprint density at radius 3 is 2.82 bits per heavy atom. The normalized spacial score (nSPS) is 12.5. The van der Waals surface area contributed by atoms with Crippen LogP contribution in [0.15, 0.2) is 0 Å². The lowest BCUT2D eigenvalue weighted by molar-refractivity contribution is -0.111. The Bertz CT molecular complexity index is 548. The van der Waals surface area contributed by atoms with Crippen molar-refractivity contribution in [1.82, 2.24) is 0 Å². The number of carboxylic acids is 1. The van der Waals surface area contributed by atoms with Crippen molar-refractivity contribution in [2.24, 2.45) is 0 Å². The summed E-state index contributed by atoms with van der Waals surface area (Å²) in [6, 6.07) is 0. The molecule has 5 heteroatoms. The minimum absolute atomic E-state index is 0.244. The highest BCUT2D eigenvalue weighted by atomic mass is 32.1. The van der Waals surface area contributed by atoms with E-state index in [0.717, 1.165) is 29.7 Å². The summed E-state index contributed by atoms with van der Waals surface area (Å²) < 4.78 is 0. The highest BCUT2D eigenvalue weighted by Gasteiger charge is 2.26. The third-order valence-corrected chi connectivity index (χ3v) is 3.81. The molecular weight excluding hydrogens is 238 g/mol. The number of carbonyl (C=O) groups excluding carboxylic acids is 1. The van der Waals surface area contributed by atoms with Crippen LogP contribution in [0.5, 0.6) is 0 Å². The second-order valence-electron chi connectivity index (χ2n) is 3.70. The van der Waals surface area contributed by atoms with Crippen LogP contribution in [0.25, 0.3) is 0 Å². The molecule has 0 saturated heterocycles. The highest BCUT2D eigenvalue weighted by Crippen LogP contribution is 2.38. The minimum Gasteiger partial charge on any atom is -0.478 e. The molecule has 0 aliphatic heterocycles. The molecule has 0 bridgehead atoms. The van der Waals surface area contributed by atoms with Gasteiger partial charge in [-0.3, -0.25) is 4.79 Å². The molecule has 88 valence electrons. The summed E-state index contributed by atoms with van der Waals surface area (Å²) in [5.74, 6) is 3.37. The second kappa shape index (κ2) is 4.60. The Kier molecular flexibility index (Phi) is 3.16. The number of nitrogens with one attached hydrogen (secondary N) is 1. The fourth-order valence-corrected chi connectivity index (χ4v) is 3.24. The predicted octanol–water partition coefficient (Wildman–Crippen LogP) is 1.90. The van der Waals surface area contributed by atoms with Crippen LogP contribution in [0.1, 0.15) is 34.1 Å². The molecule has 4 nitrogen and oxygen atoms in total. The van der Waals surface area contributed by atoms with Crippen molar-refractivity contribution in [2.45, 2.75) is 26.2 Å². The number of amides is 1. The Hall–Kier alpha value is -1.80. The second-order valence-corrected chi connectivity index (χ2v) is 4.80. The number of fused-ring (bicyclic) bond motifs is 1. The van der Waals surface area contributed by atoms with Gasteiger partial charge in [-0.25, -0.2) is 4.79 Å². The van der Waals surface area contributed by atoms with Gasteiger partial charge in [-0.1, -0.05) is 5.92 Å². The molecule has 1 aliphatic rings. The first-order valence-electron chi connectivity index (χ1n) is 5.25. The van der Waals surface area contributed by atoms with Crippen molar-refractivity contribution in [3.8, 4) is 11.8 Å². The number of hydrogen-bond acceptors (Lipinski definition) is 3. The van der Waals surface area contributed by atoms with Crippen molar-refractivity contribution in [3.63, 3.8) is 0 Å². The molecule has 0 radical (unpaired) electrons. The van der Waals surface area contributed by atoms with Gasteiger partial charge in [0.05, 0.1) is 5.56 Å². The standard InChI is InChI=1S/C12H11NO3S/c1-2-4-9(14)13-11-10(12(15)16)7-5-3-6-8(7)17-11/h3,5-6H2,1H3,(H,13,14)(H,15,16). The third-order valence-electron chi connectivity index (χ3n) is 2.60. The van der Waals surface area contributed by atoms with E-state index in [0.29, 0.717) is 5.00 Å². The van der Waals surface area contributed by atoms with Gasteiger partial charge >= 0.3 is 11.9 Å². The topological polar surface area (TPSA) is 66.4 Å². The van der Waals surface area contributed by atoms with Crippen LogP contribution >= 0.6 is 11.3 Å². The molecule has 0 atom stereocenters. The quantitative estimate of drug-likeness (QED) is 0.787. The zero-order chi connectivity index (χ0) is 12.4. The molecule has 2 N–H and O–H groups in total. The maximum Gasteiger partial charge on any atom is 0.339 e. The molecular formula is C12H11NO3S. The van der Waals surface area contributed by atoms with Gasteiger partial charge in [-0.15, -0.1) is 11.3 Å². The average molecular weight is 249 g/mol. The fraction of sp³-hybridized carbons (Fsp3) is 0.333. The number of aromatic carboxylic acids is 1. The molecule has 0 saturated carbocycles. The maximum atomic E-state index is 11.3. The van der Waals surface area contributed by atoms with Crippen LogP contribution in [0.2, 0.25) is 0 Å². The molecule has 0 fully saturated rings. The van der Waals surface area contributed by atoms with Gasteiger partial charge < -0.3 is 10.4 Å². The van der Waals surface area contributed by atoms with Gasteiger partial charge in [0, 0.05) is 4.88 Å². The van der Waals surface area contributed by atoms with Crippen molar-refractivity contribution in [2.75, 3.05) is 5.32 Å². The molecule has 0 spiro atoms. The van der Waals surface area contributed by atoms with E-state index in [1.165, 1.54) is 11.3 Å². The summed E-state index contributed by atoms with van der Waals surface area (Å²) in [5.41, 5.74) is 1.12. The van der Waals surface area contributed by atoms with Crippen molar-refractivity contribution in [3.05, 3.63) is 16.0 Å². The molecule has 1 aromatic heterocycles. The van der Waals surface area contributed by atoms with Crippen LogP contribution in [0.4, 0.5) is 5.00 Å². The highest BCUT2D eigenvalue weighted by molar-refractivity contribution is 7.17. The summed E-state index contributed by atoms with van der Waals surface area (Å²) >= 11 is 1.35. The van der Waals surface area contributed by atoms with Crippen molar-refractivity contribution in [1.29, 1.82) is 0 Å². The number of thiophene rings is 1. The summed E-state index contributed by atoms with van der Waals surface area (Å²) in [6.45, 7) is 1.56. The molecule has 2 rings (SSSR count). The number of carboxylic acid groups (broad SMARTS) is 1. The van der Waals surface area contributed by atoms with Crippen LogP contribution in [-0.2, 0) is 17.6 Å². The molecule has 17 heavy (non-hydrogen) atoms. The van der Waals surface area contributed by atoms with Gasteiger partial charge in [-0.2, -0.15) is 0 Å². The largest absolute Gasteiger partial charge is 0.478 e. The fourth-order valence-electron chi connectivity index (χ4n) is 1.97. The number of carbonyl (C=O) groups is 2. The van der Waals surface area contributed by atoms with E-state index in [1.54, 1.807) is 6.92 Å². The molecule has 1 heterocycles. The van der Waals surface area contributed by atoms with E-state index in [9.17, 15) is 14.7 Å². The first-order chi connectivity index (χ1) is 8.13. The van der Waals surface area contributed by atoms with Crippen LogP contribution in [0.3, 0.4) is 0 Å². The first kappa shape index (κ1) is 11.7. The van der Waals surface area contributed by atoms with E-state index in [4.69, 9.17) is 0 Å². The van der Waals surface area contributed by atoms with E-state index in [-0.39, 0.29) is 5.56 Å². The number of rotatable bonds is 2. The van der Waals surface area contributed by atoms with E-state index < -0.39 is 11.9 Å². The smallest absolute Gasteiger partial charge is 0.339 e. The zero-order valence-electron chi connectivity index (χ0n) is 9.29. The minimum atomic E-state index is -0.982. The third kappa shape index (κ3) is 2.17. The van der Waals surface area contributed by atoms with Gasteiger partial charge in [0.15, 0.2) is 0 Å². The number of hydrogen-bond donors (Lipinski definition) is 2. The van der Waals surface area contributed by atoms with Gasteiger partial charge in [0.2, 0.25) is 0 Å².